The van der Waals surface area contributed by atoms with Crippen molar-refractivity contribution in [1.29, 1.82) is 0 Å². The van der Waals surface area contributed by atoms with Gasteiger partial charge >= 0.3 is 5.97 Å². The van der Waals surface area contributed by atoms with Gasteiger partial charge in [-0.05, 0) is 54.9 Å². The van der Waals surface area contributed by atoms with E-state index in [1.54, 1.807) is 30.7 Å². The maximum absolute atomic E-state index is 13.5. The Morgan fingerprint density at radius 1 is 1.37 bits per heavy atom. The molecule has 0 saturated carbocycles. The lowest BCUT2D eigenvalue weighted by atomic mass is 9.81. The van der Waals surface area contributed by atoms with Gasteiger partial charge in [0.15, 0.2) is 5.78 Å². The maximum Gasteiger partial charge on any atom is 0.308 e. The van der Waals surface area contributed by atoms with Gasteiger partial charge in [0.25, 0.3) is 0 Å². The van der Waals surface area contributed by atoms with Crippen LogP contribution in [0.25, 0.3) is 10.9 Å². The Kier molecular flexibility index (Phi) is 8.01. The number of aliphatic carboxylic acids is 1. The molecule has 0 aliphatic carbocycles. The zero-order valence-electron chi connectivity index (χ0n) is 19.1. The van der Waals surface area contributed by atoms with E-state index in [1.807, 2.05) is 4.90 Å². The molecule has 1 saturated heterocycles. The summed E-state index contributed by atoms with van der Waals surface area (Å²) in [5.74, 6) is 4.23. The number of likely N-dealkylation sites (tertiary alicyclic amines) is 1. The number of aromatic nitrogens is 1. The first-order chi connectivity index (χ1) is 16.9. The number of carbonyl (C=O) groups is 2. The fraction of sp³-hybridized carbons (Fsp3) is 0.346. The summed E-state index contributed by atoms with van der Waals surface area (Å²) < 4.78 is 18.8. The molecule has 1 aromatic carbocycles. The van der Waals surface area contributed by atoms with Crippen LogP contribution in [0.2, 0.25) is 5.02 Å². The number of benzene rings is 1. The van der Waals surface area contributed by atoms with Crippen LogP contribution in [-0.4, -0.2) is 53.5 Å². The van der Waals surface area contributed by atoms with Crippen LogP contribution in [0.1, 0.15) is 34.5 Å². The Labute approximate surface area is 211 Å². The number of ketones is 1. The summed E-state index contributed by atoms with van der Waals surface area (Å²) in [5.41, 5.74) is 1.02. The van der Waals surface area contributed by atoms with Crippen LogP contribution < -0.4 is 4.74 Å². The number of fused-ring (bicyclic) bond motifs is 1. The summed E-state index contributed by atoms with van der Waals surface area (Å²) in [6.45, 7) is 1.37. The van der Waals surface area contributed by atoms with Crippen LogP contribution in [-0.2, 0) is 4.79 Å². The lowest BCUT2D eigenvalue weighted by Crippen LogP contribution is -2.44. The van der Waals surface area contributed by atoms with Crippen LogP contribution in [0, 0.1) is 29.5 Å². The molecule has 1 fully saturated rings. The van der Waals surface area contributed by atoms with Gasteiger partial charge in [-0.2, -0.15) is 0 Å². The zero-order chi connectivity index (χ0) is 24.9. The number of carboxylic acid groups (broad SMARTS) is 1. The standard InChI is InChI=1S/C26H24ClFN2O4S/c1-34-17-5-6-22-18(13-17)25(20(27)14-29-22)23(31)7-4-16-8-11-30(15-19(16)26(32)33)10-2-3-24-21(28)9-12-35-24/h5-6,9,12-14,16,19H,4,7-8,10-11,15H2,1H3,(H,32,33). The van der Waals surface area contributed by atoms with Crippen molar-refractivity contribution in [1.82, 2.24) is 9.88 Å². The SMILES string of the molecule is COc1ccc2ncc(Cl)c(C(=O)CCC3CCN(CC#Cc4sccc4F)CC3C(=O)O)c2c1. The molecule has 35 heavy (non-hydrogen) atoms. The highest BCUT2D eigenvalue weighted by Gasteiger charge is 2.34. The summed E-state index contributed by atoms with van der Waals surface area (Å²) in [6.07, 6.45) is 2.73. The number of piperidine rings is 1. The average molecular weight is 515 g/mol. The number of hydrogen-bond acceptors (Lipinski definition) is 6. The van der Waals surface area contributed by atoms with Gasteiger partial charge in [0, 0.05) is 30.1 Å². The Morgan fingerprint density at radius 3 is 2.91 bits per heavy atom. The smallest absolute Gasteiger partial charge is 0.308 e. The minimum Gasteiger partial charge on any atom is -0.497 e. The van der Waals surface area contributed by atoms with Crippen molar-refractivity contribution in [2.75, 3.05) is 26.7 Å². The fourth-order valence-electron chi connectivity index (χ4n) is 4.45. The monoisotopic (exact) mass is 514 g/mol. The van der Waals surface area contributed by atoms with Crippen LogP contribution >= 0.6 is 22.9 Å². The first-order valence-electron chi connectivity index (χ1n) is 11.2. The Bertz CT molecular complexity index is 1320. The number of nitrogens with zero attached hydrogens (tertiary/aromatic N) is 2. The van der Waals surface area contributed by atoms with Gasteiger partial charge in [-0.3, -0.25) is 19.5 Å². The number of hydrogen-bond donors (Lipinski definition) is 1. The molecular weight excluding hydrogens is 491 g/mol. The third-order valence-electron chi connectivity index (χ3n) is 6.33. The second-order valence-electron chi connectivity index (χ2n) is 8.45. The predicted molar refractivity (Wildman–Crippen MR) is 134 cm³/mol. The number of pyridine rings is 1. The molecule has 2 atom stereocenters. The van der Waals surface area contributed by atoms with E-state index >= 15 is 0 Å². The molecule has 0 amide bonds. The highest BCUT2D eigenvalue weighted by molar-refractivity contribution is 7.10. The Morgan fingerprint density at radius 2 is 2.20 bits per heavy atom. The molecule has 182 valence electrons. The predicted octanol–water partition coefficient (Wildman–Crippen LogP) is 5.13. The van der Waals surface area contributed by atoms with Gasteiger partial charge in [-0.25, -0.2) is 4.39 Å². The molecule has 1 aliphatic rings. The lowest BCUT2D eigenvalue weighted by Gasteiger charge is -2.35. The van der Waals surface area contributed by atoms with Gasteiger partial charge in [0.05, 0.1) is 30.1 Å². The van der Waals surface area contributed by atoms with Gasteiger partial charge in [-0.1, -0.05) is 23.4 Å². The molecule has 0 bridgehead atoms. The maximum atomic E-state index is 13.5. The number of Topliss-reactive ketones (excluding diaryl/α,β-unsaturated/α-hetero) is 1. The molecule has 3 heterocycles. The number of carboxylic acids is 1. The number of ether oxygens (including phenoxy) is 1. The molecule has 1 N–H and O–H groups in total. The summed E-state index contributed by atoms with van der Waals surface area (Å²) in [6, 6.07) is 6.65. The van der Waals surface area contributed by atoms with Crippen molar-refractivity contribution in [2.45, 2.75) is 19.3 Å². The van der Waals surface area contributed by atoms with Crippen LogP contribution in [0.3, 0.4) is 0 Å². The van der Waals surface area contributed by atoms with Crippen molar-refractivity contribution in [3.8, 4) is 17.6 Å². The van der Waals surface area contributed by atoms with Crippen LogP contribution in [0.4, 0.5) is 4.39 Å². The van der Waals surface area contributed by atoms with Gasteiger partial charge in [0.2, 0.25) is 0 Å². The third-order valence-corrected chi connectivity index (χ3v) is 7.42. The quantitative estimate of drug-likeness (QED) is 0.347. The molecular formula is C26H24ClFN2O4S. The number of methoxy groups -OCH3 is 1. The van der Waals surface area contributed by atoms with Crippen molar-refractivity contribution in [3.05, 3.63) is 57.1 Å². The Balaban J connectivity index is 1.42. The van der Waals surface area contributed by atoms with E-state index in [0.29, 0.717) is 59.6 Å². The summed E-state index contributed by atoms with van der Waals surface area (Å²) in [4.78, 5) is 31.8. The van der Waals surface area contributed by atoms with E-state index in [1.165, 1.54) is 23.6 Å². The topological polar surface area (TPSA) is 79.7 Å². The molecule has 3 aromatic rings. The molecule has 0 spiro atoms. The molecule has 9 heteroatoms. The third kappa shape index (κ3) is 5.81. The highest BCUT2D eigenvalue weighted by atomic mass is 35.5. The van der Waals surface area contributed by atoms with Gasteiger partial charge in [0.1, 0.15) is 16.4 Å². The van der Waals surface area contributed by atoms with Crippen LogP contribution in [0.15, 0.2) is 35.8 Å². The number of carbonyl (C=O) groups excluding carboxylic acids is 1. The van der Waals surface area contributed by atoms with Crippen molar-refractivity contribution >= 4 is 45.6 Å². The van der Waals surface area contributed by atoms with E-state index in [-0.39, 0.29) is 29.0 Å². The number of rotatable bonds is 7. The van der Waals surface area contributed by atoms with Gasteiger partial charge in [-0.15, -0.1) is 11.3 Å². The second kappa shape index (κ2) is 11.2. The van der Waals surface area contributed by atoms with E-state index in [0.717, 1.165) is 0 Å². The van der Waals surface area contributed by atoms with Gasteiger partial charge < -0.3 is 9.84 Å². The van der Waals surface area contributed by atoms with E-state index in [9.17, 15) is 19.1 Å². The lowest BCUT2D eigenvalue weighted by molar-refractivity contribution is -0.146. The first kappa shape index (κ1) is 25.1. The second-order valence-corrected chi connectivity index (χ2v) is 9.78. The molecule has 2 unspecified atom stereocenters. The summed E-state index contributed by atoms with van der Waals surface area (Å²) in [7, 11) is 1.55. The van der Waals surface area contributed by atoms with Crippen LogP contribution in [0.5, 0.6) is 5.75 Å². The highest BCUT2D eigenvalue weighted by Crippen LogP contribution is 2.32. The number of halogens is 2. The first-order valence-corrected chi connectivity index (χ1v) is 12.5. The average Bonchev–Trinajstić information content (AvgIpc) is 3.26. The Hall–Kier alpha value is -2.99. The largest absolute Gasteiger partial charge is 0.497 e. The van der Waals surface area contributed by atoms with Crippen molar-refractivity contribution in [2.24, 2.45) is 11.8 Å². The number of thiophene rings is 1. The fourth-order valence-corrected chi connectivity index (χ4v) is 5.34. The molecule has 0 radical (unpaired) electrons. The molecule has 2 aromatic heterocycles. The minimum absolute atomic E-state index is 0.142. The van der Waals surface area contributed by atoms with Crippen molar-refractivity contribution in [3.63, 3.8) is 0 Å². The van der Waals surface area contributed by atoms with E-state index in [4.69, 9.17) is 16.3 Å². The van der Waals surface area contributed by atoms with E-state index < -0.39 is 11.9 Å². The normalized spacial score (nSPS) is 18.1. The minimum atomic E-state index is -0.887. The van der Waals surface area contributed by atoms with E-state index in [2.05, 4.69) is 16.8 Å². The molecule has 6 nitrogen and oxygen atoms in total. The molecule has 4 rings (SSSR count). The zero-order valence-corrected chi connectivity index (χ0v) is 20.7. The van der Waals surface area contributed by atoms with Crippen molar-refractivity contribution < 1.29 is 23.8 Å². The summed E-state index contributed by atoms with van der Waals surface area (Å²) in [5, 5.41) is 12.4. The summed E-state index contributed by atoms with van der Waals surface area (Å²) >= 11 is 7.59. The molecule has 1 aliphatic heterocycles.